The summed E-state index contributed by atoms with van der Waals surface area (Å²) in [5.74, 6) is 0.0325. The van der Waals surface area contributed by atoms with Crippen LogP contribution in [0.2, 0.25) is 0 Å². The van der Waals surface area contributed by atoms with E-state index in [-0.39, 0.29) is 29.2 Å². The average Bonchev–Trinajstić information content (AvgIpc) is 3.21. The zero-order valence-electron chi connectivity index (χ0n) is 13.3. The lowest BCUT2D eigenvalue weighted by molar-refractivity contribution is -0.234. The highest BCUT2D eigenvalue weighted by Gasteiger charge is 2.64. The summed E-state index contributed by atoms with van der Waals surface area (Å²) in [4.78, 5) is 28.3. The molecule has 0 amide bonds. The molecule has 4 rings (SSSR count). The van der Waals surface area contributed by atoms with Gasteiger partial charge in [-0.2, -0.15) is 10.0 Å². The molecule has 0 aromatic carbocycles. The Kier molecular flexibility index (Phi) is 3.63. The van der Waals surface area contributed by atoms with E-state index in [1.807, 2.05) is 12.0 Å². The first kappa shape index (κ1) is 15.9. The standard InChI is InChI=1S/C13H19N6O4P/c1-3-13-4-19(21-2)7(8(13)23-24)11(22-13)18-5-15-6-9(18)16-12(14)17-10(6)20/h5,7-8,11H,3-4,24H2,1-2H3,(H3,14,16,17,20)/t7-,8+,11-,13+/m1/s1. The molecule has 0 spiro atoms. The minimum absolute atomic E-state index is 0.0325. The Bertz CT molecular complexity index is 839. The fourth-order valence-corrected chi connectivity index (χ4v) is 4.17. The molecule has 10 nitrogen and oxygen atoms in total. The molecule has 24 heavy (non-hydrogen) atoms. The van der Waals surface area contributed by atoms with Gasteiger partial charge in [0.2, 0.25) is 5.95 Å². The van der Waals surface area contributed by atoms with Crippen LogP contribution in [-0.2, 0) is 14.1 Å². The molecule has 3 N–H and O–H groups in total. The van der Waals surface area contributed by atoms with E-state index >= 15 is 0 Å². The largest absolute Gasteiger partial charge is 0.369 e. The van der Waals surface area contributed by atoms with E-state index in [2.05, 4.69) is 24.4 Å². The molecule has 0 radical (unpaired) electrons. The molecule has 2 aliphatic rings. The minimum atomic E-state index is -0.504. The number of morpholine rings is 1. The van der Waals surface area contributed by atoms with Gasteiger partial charge < -0.3 is 19.8 Å². The number of hydrogen-bond acceptors (Lipinski definition) is 8. The normalized spacial score (nSPS) is 32.9. The first-order valence-corrected chi connectivity index (χ1v) is 8.08. The van der Waals surface area contributed by atoms with Crippen LogP contribution in [0.1, 0.15) is 19.6 Å². The van der Waals surface area contributed by atoms with Gasteiger partial charge in [0.25, 0.3) is 5.56 Å². The Hall–Kier alpha value is -1.58. The number of aromatic amines is 1. The zero-order chi connectivity index (χ0) is 17.1. The van der Waals surface area contributed by atoms with Gasteiger partial charge in [-0.05, 0) is 6.42 Å². The number of fused-ring (bicyclic) bond motifs is 3. The number of nitrogens with one attached hydrogen (secondary N) is 1. The van der Waals surface area contributed by atoms with E-state index in [9.17, 15) is 4.79 Å². The number of ether oxygens (including phenoxy) is 1. The molecule has 5 atom stereocenters. The molecule has 2 bridgehead atoms. The van der Waals surface area contributed by atoms with Crippen LogP contribution in [0.15, 0.2) is 11.1 Å². The number of hydroxylamine groups is 2. The van der Waals surface area contributed by atoms with Gasteiger partial charge in [-0.3, -0.25) is 14.3 Å². The highest BCUT2D eigenvalue weighted by Crippen LogP contribution is 2.50. The maximum atomic E-state index is 12.0. The fraction of sp³-hybridized carbons (Fsp3) is 0.615. The summed E-state index contributed by atoms with van der Waals surface area (Å²) in [5, 5.41) is 1.84. The molecule has 2 aromatic rings. The van der Waals surface area contributed by atoms with Crippen molar-refractivity contribution in [2.75, 3.05) is 19.4 Å². The number of nitrogens with zero attached hydrogens (tertiary/aromatic N) is 4. The van der Waals surface area contributed by atoms with Crippen LogP contribution in [0.5, 0.6) is 0 Å². The number of imidazole rings is 1. The van der Waals surface area contributed by atoms with E-state index in [0.717, 1.165) is 6.42 Å². The summed E-state index contributed by atoms with van der Waals surface area (Å²) >= 11 is 0. The summed E-state index contributed by atoms with van der Waals surface area (Å²) in [5.41, 5.74) is 5.38. The highest BCUT2D eigenvalue weighted by molar-refractivity contribution is 7.09. The van der Waals surface area contributed by atoms with Crippen LogP contribution in [0.4, 0.5) is 5.95 Å². The summed E-state index contributed by atoms with van der Waals surface area (Å²) in [7, 11) is 3.93. The lowest BCUT2D eigenvalue weighted by Crippen LogP contribution is -2.45. The van der Waals surface area contributed by atoms with Crippen LogP contribution in [-0.4, -0.2) is 56.0 Å². The zero-order valence-corrected chi connectivity index (χ0v) is 14.5. The number of nitrogens with two attached hydrogens (primary N) is 1. The molecular formula is C13H19N6O4P. The van der Waals surface area contributed by atoms with Gasteiger partial charge in [0.05, 0.1) is 20.0 Å². The summed E-state index contributed by atoms with van der Waals surface area (Å²) in [6.45, 7) is 2.64. The molecule has 2 saturated heterocycles. The number of aromatic nitrogens is 4. The number of rotatable bonds is 4. The Balaban J connectivity index is 1.85. The monoisotopic (exact) mass is 354 g/mol. The van der Waals surface area contributed by atoms with Crippen molar-refractivity contribution in [3.63, 3.8) is 0 Å². The van der Waals surface area contributed by atoms with Crippen LogP contribution < -0.4 is 11.3 Å². The summed E-state index contributed by atoms with van der Waals surface area (Å²) in [6.07, 6.45) is 1.63. The van der Waals surface area contributed by atoms with Crippen molar-refractivity contribution in [2.45, 2.75) is 37.3 Å². The van der Waals surface area contributed by atoms with Gasteiger partial charge in [-0.25, -0.2) is 4.98 Å². The first-order valence-electron chi connectivity index (χ1n) is 7.61. The van der Waals surface area contributed by atoms with E-state index in [4.69, 9.17) is 19.8 Å². The molecular weight excluding hydrogens is 335 g/mol. The predicted molar refractivity (Wildman–Crippen MR) is 87.8 cm³/mol. The summed E-state index contributed by atoms with van der Waals surface area (Å²) in [6, 6.07) is -0.202. The van der Waals surface area contributed by atoms with Crippen LogP contribution in [0, 0.1) is 0 Å². The van der Waals surface area contributed by atoms with E-state index in [0.29, 0.717) is 12.2 Å². The van der Waals surface area contributed by atoms with Gasteiger partial charge in [-0.15, -0.1) is 0 Å². The van der Waals surface area contributed by atoms with Gasteiger partial charge in [0.1, 0.15) is 17.7 Å². The molecule has 2 aromatic heterocycles. The van der Waals surface area contributed by atoms with Crippen molar-refractivity contribution in [3.8, 4) is 0 Å². The highest BCUT2D eigenvalue weighted by atomic mass is 31.0. The second-order valence-electron chi connectivity index (χ2n) is 6.01. The Labute approximate surface area is 139 Å². The van der Waals surface area contributed by atoms with Crippen molar-refractivity contribution in [1.82, 2.24) is 24.6 Å². The van der Waals surface area contributed by atoms with Crippen molar-refractivity contribution >= 4 is 26.6 Å². The van der Waals surface area contributed by atoms with E-state index < -0.39 is 11.8 Å². The molecule has 2 aliphatic heterocycles. The molecule has 0 aliphatic carbocycles. The molecule has 130 valence electrons. The van der Waals surface area contributed by atoms with Crippen molar-refractivity contribution in [3.05, 3.63) is 16.7 Å². The Morgan fingerprint density at radius 1 is 1.62 bits per heavy atom. The maximum absolute atomic E-state index is 12.0. The van der Waals surface area contributed by atoms with Crippen LogP contribution in [0.3, 0.4) is 0 Å². The van der Waals surface area contributed by atoms with Gasteiger partial charge in [0, 0.05) is 9.47 Å². The van der Waals surface area contributed by atoms with E-state index in [1.54, 1.807) is 11.7 Å². The van der Waals surface area contributed by atoms with Crippen LogP contribution in [0.25, 0.3) is 11.2 Å². The molecule has 4 heterocycles. The maximum Gasteiger partial charge on any atom is 0.280 e. The second kappa shape index (κ2) is 5.47. The third kappa shape index (κ3) is 1.98. The smallest absolute Gasteiger partial charge is 0.280 e. The lowest BCUT2D eigenvalue weighted by Gasteiger charge is -2.35. The fourth-order valence-electron chi connectivity index (χ4n) is 3.77. The summed E-state index contributed by atoms with van der Waals surface area (Å²) < 4.78 is 13.7. The molecule has 11 heteroatoms. The molecule has 1 unspecified atom stereocenters. The first-order chi connectivity index (χ1) is 11.5. The lowest BCUT2D eigenvalue weighted by atomic mass is 9.96. The van der Waals surface area contributed by atoms with Crippen molar-refractivity contribution in [1.29, 1.82) is 0 Å². The topological polar surface area (TPSA) is 121 Å². The molecule has 2 fully saturated rings. The third-order valence-electron chi connectivity index (χ3n) is 4.94. The SMILES string of the molecule is CC[C@@]12CN(OC)[C@@H]([C@H](n3cnc4c(=O)[nH]c(N)nc43)O1)[C@@H]2OP. The van der Waals surface area contributed by atoms with E-state index in [1.165, 1.54) is 6.33 Å². The number of hydrogen-bond donors (Lipinski definition) is 2. The second-order valence-corrected chi connectivity index (χ2v) is 6.28. The number of anilines is 1. The third-order valence-corrected chi connectivity index (χ3v) is 5.23. The Morgan fingerprint density at radius 3 is 3.04 bits per heavy atom. The van der Waals surface area contributed by atoms with Crippen molar-refractivity contribution in [2.24, 2.45) is 0 Å². The average molecular weight is 354 g/mol. The van der Waals surface area contributed by atoms with Gasteiger partial charge in [-0.1, -0.05) is 6.92 Å². The number of H-pyrrole nitrogens is 1. The van der Waals surface area contributed by atoms with Crippen molar-refractivity contribution < 1.29 is 14.1 Å². The minimum Gasteiger partial charge on any atom is -0.369 e. The predicted octanol–water partition coefficient (Wildman–Crippen LogP) is -0.200. The quantitative estimate of drug-likeness (QED) is 0.724. The van der Waals surface area contributed by atoms with Crippen LogP contribution >= 0.6 is 9.47 Å². The Morgan fingerprint density at radius 2 is 2.42 bits per heavy atom. The van der Waals surface area contributed by atoms with Gasteiger partial charge in [0.15, 0.2) is 17.4 Å². The number of nitrogen functional groups attached to an aromatic ring is 1. The van der Waals surface area contributed by atoms with Gasteiger partial charge >= 0.3 is 0 Å². The molecule has 0 saturated carbocycles.